The Morgan fingerprint density at radius 2 is 1.94 bits per heavy atom. The summed E-state index contributed by atoms with van der Waals surface area (Å²) in [5.74, 6) is -0.491. The molecule has 3 aromatic rings. The Balaban J connectivity index is 2.08. The van der Waals surface area contributed by atoms with Gasteiger partial charge < -0.3 is 20.5 Å². The van der Waals surface area contributed by atoms with Crippen LogP contribution in [0.5, 0.6) is 11.5 Å². The number of methoxy groups -OCH3 is 1. The number of ether oxygens (including phenoxy) is 2. The maximum absolute atomic E-state index is 13.0. The van der Waals surface area contributed by atoms with Crippen molar-refractivity contribution in [1.29, 1.82) is 0 Å². The largest absolute Gasteiger partial charge is 0.491 e. The van der Waals surface area contributed by atoms with Crippen LogP contribution >= 0.6 is 0 Å². The molecular weight excluding hydrogens is 406 g/mol. The third-order valence-electron chi connectivity index (χ3n) is 4.36. The van der Waals surface area contributed by atoms with E-state index in [2.05, 4.69) is 25.6 Å². The van der Waals surface area contributed by atoms with Crippen molar-refractivity contribution in [2.24, 2.45) is 0 Å². The molecule has 12 heteroatoms. The van der Waals surface area contributed by atoms with Crippen molar-refractivity contribution in [3.05, 3.63) is 40.4 Å². The average molecular weight is 427 g/mol. The van der Waals surface area contributed by atoms with Crippen molar-refractivity contribution in [3.8, 4) is 11.5 Å². The van der Waals surface area contributed by atoms with Crippen LogP contribution in [-0.4, -0.2) is 52.1 Å². The first-order valence-corrected chi connectivity index (χ1v) is 9.23. The summed E-state index contributed by atoms with van der Waals surface area (Å²) in [7, 11) is 2.87. The number of hydrogen-bond acceptors (Lipinski definition) is 9. The molecule has 0 bridgehead atoms. The fraction of sp³-hybridized carbons (Fsp3) is 0.263. The fourth-order valence-electron chi connectivity index (χ4n) is 2.79. The summed E-state index contributed by atoms with van der Waals surface area (Å²) in [5.41, 5.74) is 5.38. The lowest BCUT2D eigenvalue weighted by Crippen LogP contribution is -2.27. The van der Waals surface area contributed by atoms with Gasteiger partial charge in [-0.3, -0.25) is 24.3 Å². The number of aromatic nitrogens is 4. The second-order valence-electron chi connectivity index (χ2n) is 6.22. The molecule has 0 aliphatic rings. The smallest absolute Gasteiger partial charge is 0.262 e. The highest BCUT2D eigenvalue weighted by molar-refractivity contribution is 6.03. The van der Waals surface area contributed by atoms with Gasteiger partial charge in [-0.15, -0.1) is 0 Å². The van der Waals surface area contributed by atoms with Gasteiger partial charge in [0, 0.05) is 26.0 Å². The molecular formula is C19H21N7O5. The lowest BCUT2D eigenvalue weighted by atomic mass is 10.2. The van der Waals surface area contributed by atoms with E-state index in [1.165, 1.54) is 43.3 Å². The number of carbonyl (C=O) groups excluding carboxylic acids is 2. The molecule has 1 aromatic carbocycles. The van der Waals surface area contributed by atoms with Crippen molar-refractivity contribution in [3.63, 3.8) is 0 Å². The number of nitrogens with two attached hydrogens (primary N) is 1. The van der Waals surface area contributed by atoms with E-state index >= 15 is 0 Å². The zero-order valence-electron chi connectivity index (χ0n) is 17.1. The summed E-state index contributed by atoms with van der Waals surface area (Å²) in [6.07, 6.45) is 2.52. The average Bonchev–Trinajstić information content (AvgIpc) is 2.77. The number of nitrogens with one attached hydrogen (secondary N) is 2. The van der Waals surface area contributed by atoms with Gasteiger partial charge in [0.25, 0.3) is 17.4 Å². The monoisotopic (exact) mass is 427 g/mol. The van der Waals surface area contributed by atoms with Crippen molar-refractivity contribution < 1.29 is 19.1 Å². The van der Waals surface area contributed by atoms with Crippen molar-refractivity contribution in [2.75, 3.05) is 31.8 Å². The molecule has 0 atom stereocenters. The van der Waals surface area contributed by atoms with Crippen molar-refractivity contribution >= 4 is 34.6 Å². The predicted octanol–water partition coefficient (Wildman–Crippen LogP) is 0.174. The van der Waals surface area contributed by atoms with Gasteiger partial charge in [-0.05, 0) is 19.1 Å². The molecule has 12 nitrogen and oxygen atoms in total. The molecule has 0 aliphatic heterocycles. The van der Waals surface area contributed by atoms with E-state index in [-0.39, 0.29) is 64.5 Å². The molecule has 0 saturated carbocycles. The molecule has 2 aromatic heterocycles. The van der Waals surface area contributed by atoms with Crippen LogP contribution in [0.4, 0.5) is 11.9 Å². The van der Waals surface area contributed by atoms with Crippen LogP contribution in [0, 0.1) is 0 Å². The van der Waals surface area contributed by atoms with Crippen LogP contribution in [0.2, 0.25) is 0 Å². The van der Waals surface area contributed by atoms with Gasteiger partial charge in [-0.25, -0.2) is 15.0 Å². The summed E-state index contributed by atoms with van der Waals surface area (Å²) in [5, 5.41) is 5.30. The minimum atomic E-state index is -0.570. The number of likely N-dealkylation sites (N-methyl/N-ethyl adjacent to an activating group) is 1. The summed E-state index contributed by atoms with van der Waals surface area (Å²) in [4.78, 5) is 49.1. The van der Waals surface area contributed by atoms with Crippen LogP contribution in [0.15, 0.2) is 29.3 Å². The SMILES string of the molecule is CCn1c(NC(=O)c2cnc(N)nc2)nc2c(OC)c(OCC(=O)NC)ccc2c1=O. The maximum Gasteiger partial charge on any atom is 0.262 e. The van der Waals surface area contributed by atoms with Gasteiger partial charge in [0.15, 0.2) is 18.1 Å². The number of nitrogen functional groups attached to an aromatic ring is 1. The van der Waals surface area contributed by atoms with Gasteiger partial charge in [0.05, 0.1) is 18.1 Å². The second-order valence-corrected chi connectivity index (χ2v) is 6.22. The molecule has 4 N–H and O–H groups in total. The minimum Gasteiger partial charge on any atom is -0.491 e. The van der Waals surface area contributed by atoms with Gasteiger partial charge in [-0.2, -0.15) is 0 Å². The Morgan fingerprint density at radius 3 is 2.55 bits per heavy atom. The number of fused-ring (bicyclic) bond motifs is 1. The van der Waals surface area contributed by atoms with E-state index in [0.717, 1.165) is 0 Å². The van der Waals surface area contributed by atoms with E-state index < -0.39 is 5.91 Å². The van der Waals surface area contributed by atoms with Gasteiger partial charge in [-0.1, -0.05) is 0 Å². The normalized spacial score (nSPS) is 10.5. The molecule has 3 rings (SSSR count). The van der Waals surface area contributed by atoms with Crippen LogP contribution in [0.1, 0.15) is 17.3 Å². The molecule has 0 unspecified atom stereocenters. The molecule has 0 aliphatic carbocycles. The second kappa shape index (κ2) is 9.07. The Morgan fingerprint density at radius 1 is 1.23 bits per heavy atom. The van der Waals surface area contributed by atoms with E-state index in [1.54, 1.807) is 6.92 Å². The minimum absolute atomic E-state index is 0.00331. The zero-order valence-corrected chi connectivity index (χ0v) is 17.1. The summed E-state index contributed by atoms with van der Waals surface area (Å²) in [6.45, 7) is 1.76. The van der Waals surface area contributed by atoms with Gasteiger partial charge in [0.1, 0.15) is 5.52 Å². The molecule has 31 heavy (non-hydrogen) atoms. The molecule has 0 spiro atoms. The van der Waals surface area contributed by atoms with Crippen molar-refractivity contribution in [2.45, 2.75) is 13.5 Å². The standard InChI is InChI=1S/C19H21N7O5/c1-4-26-17(29)11-5-6-12(31-9-13(27)21-2)15(30-3)14(11)24-19(26)25-16(28)10-7-22-18(20)23-8-10/h5-8H,4,9H2,1-3H3,(H,21,27)(H2,20,22,23)(H,24,25,28). The Bertz CT molecular complexity index is 1190. The summed E-state index contributed by atoms with van der Waals surface area (Å²) < 4.78 is 12.2. The summed E-state index contributed by atoms with van der Waals surface area (Å²) in [6, 6.07) is 3.05. The third kappa shape index (κ3) is 4.37. The lowest BCUT2D eigenvalue weighted by molar-refractivity contribution is -0.122. The molecule has 162 valence electrons. The van der Waals surface area contributed by atoms with Crippen LogP contribution in [-0.2, 0) is 11.3 Å². The van der Waals surface area contributed by atoms with E-state index in [1.807, 2.05) is 0 Å². The van der Waals surface area contributed by atoms with Gasteiger partial charge in [0.2, 0.25) is 11.9 Å². The Hall–Kier alpha value is -4.22. The van der Waals surface area contributed by atoms with E-state index in [0.29, 0.717) is 0 Å². The number of rotatable bonds is 7. The topological polar surface area (TPSA) is 163 Å². The first kappa shape index (κ1) is 21.5. The quantitative estimate of drug-likeness (QED) is 0.477. The number of anilines is 2. The number of carbonyl (C=O) groups is 2. The van der Waals surface area contributed by atoms with Crippen LogP contribution in [0.25, 0.3) is 10.9 Å². The van der Waals surface area contributed by atoms with E-state index in [4.69, 9.17) is 15.2 Å². The van der Waals surface area contributed by atoms with Crippen LogP contribution in [0.3, 0.4) is 0 Å². The molecule has 0 saturated heterocycles. The zero-order chi connectivity index (χ0) is 22.5. The molecule has 0 fully saturated rings. The molecule has 2 heterocycles. The highest BCUT2D eigenvalue weighted by atomic mass is 16.5. The van der Waals surface area contributed by atoms with Gasteiger partial charge >= 0.3 is 0 Å². The first-order valence-electron chi connectivity index (χ1n) is 9.23. The third-order valence-corrected chi connectivity index (χ3v) is 4.36. The predicted molar refractivity (Wildman–Crippen MR) is 112 cm³/mol. The fourth-order valence-corrected chi connectivity index (χ4v) is 2.79. The van der Waals surface area contributed by atoms with E-state index in [9.17, 15) is 14.4 Å². The maximum atomic E-state index is 13.0. The highest BCUT2D eigenvalue weighted by Crippen LogP contribution is 2.33. The van der Waals surface area contributed by atoms with Crippen molar-refractivity contribution in [1.82, 2.24) is 24.8 Å². The summed E-state index contributed by atoms with van der Waals surface area (Å²) >= 11 is 0. The van der Waals surface area contributed by atoms with Crippen LogP contribution < -0.4 is 31.4 Å². The number of benzene rings is 1. The number of nitrogens with zero attached hydrogens (tertiary/aromatic N) is 4. The Kier molecular flexibility index (Phi) is 6.29. The first-order chi connectivity index (χ1) is 14.9. The number of amides is 2. The molecule has 2 amide bonds. The lowest BCUT2D eigenvalue weighted by Gasteiger charge is -2.16. The Labute approximate surface area is 176 Å². The molecule has 0 radical (unpaired) electrons. The highest BCUT2D eigenvalue weighted by Gasteiger charge is 2.19. The number of hydrogen-bond donors (Lipinski definition) is 3.